The molecule has 0 amide bonds. The molecule has 0 aliphatic carbocycles. The molecule has 20 rings (SSSR count). The van der Waals surface area contributed by atoms with Crippen LogP contribution in [0.25, 0.3) is 88.3 Å². The number of aromatic nitrogens is 10. The molecular formula is C84H82N18O4. The summed E-state index contributed by atoms with van der Waals surface area (Å²) >= 11 is 0. The molecule has 106 heavy (non-hydrogen) atoms. The van der Waals surface area contributed by atoms with Gasteiger partial charge >= 0.3 is 0 Å². The number of fused-ring (bicyclic) bond motifs is 16. The van der Waals surface area contributed by atoms with Crippen molar-refractivity contribution in [3.8, 4) is 0 Å². The quantitative estimate of drug-likeness (QED) is 0.145. The average molecular weight is 1410 g/mol. The lowest BCUT2D eigenvalue weighted by Gasteiger charge is -2.33. The third-order valence-electron chi connectivity index (χ3n) is 21.2. The van der Waals surface area contributed by atoms with Gasteiger partial charge in [-0.05, 0) is 192 Å². The van der Waals surface area contributed by atoms with Crippen LogP contribution in [0, 0.1) is 27.7 Å². The van der Waals surface area contributed by atoms with Crippen molar-refractivity contribution >= 4 is 157 Å². The molecule has 22 heteroatoms. The highest BCUT2D eigenvalue weighted by Crippen LogP contribution is 2.53. The summed E-state index contributed by atoms with van der Waals surface area (Å²) in [4.78, 5) is 63.6. The van der Waals surface area contributed by atoms with Gasteiger partial charge in [0, 0.05) is 130 Å². The van der Waals surface area contributed by atoms with Gasteiger partial charge in [-0.1, -0.05) is 48.5 Å². The van der Waals surface area contributed by atoms with Crippen LogP contribution in [0.15, 0.2) is 201 Å². The third-order valence-corrected chi connectivity index (χ3v) is 21.2. The molecule has 4 unspecified atom stereocenters. The van der Waals surface area contributed by atoms with Gasteiger partial charge in [-0.3, -0.25) is 9.80 Å². The lowest BCUT2D eigenvalue weighted by atomic mass is 10.1. The summed E-state index contributed by atoms with van der Waals surface area (Å²) in [5, 5.41) is 8.47. The van der Waals surface area contributed by atoms with E-state index in [4.69, 9.17) is 22.7 Å². The van der Waals surface area contributed by atoms with Gasteiger partial charge in [-0.15, -0.1) is 0 Å². The van der Waals surface area contributed by atoms with Gasteiger partial charge in [0.15, 0.2) is 57.2 Å². The van der Waals surface area contributed by atoms with Crippen LogP contribution in [-0.4, -0.2) is 99.7 Å². The van der Waals surface area contributed by atoms with E-state index in [0.717, 1.165) is 151 Å². The van der Waals surface area contributed by atoms with Gasteiger partial charge in [0.25, 0.3) is 0 Å². The lowest BCUT2D eigenvalue weighted by molar-refractivity contribution is 0.597. The fraction of sp³-hybridized carbons (Fsp3) is 0.262. The van der Waals surface area contributed by atoms with E-state index in [0.29, 0.717) is 41.0 Å². The van der Waals surface area contributed by atoms with E-state index in [2.05, 4.69) is 260 Å². The highest BCUT2D eigenvalue weighted by atomic mass is 16.4. The van der Waals surface area contributed by atoms with Gasteiger partial charge < -0.3 is 47.1 Å². The number of nitrogens with zero attached hydrogens (tertiary/aromatic N) is 18. The second-order valence-corrected chi connectivity index (χ2v) is 28.5. The van der Waals surface area contributed by atoms with Crippen LogP contribution >= 0.6 is 0 Å². The summed E-state index contributed by atoms with van der Waals surface area (Å²) < 4.78 is 24.9. The van der Waals surface area contributed by atoms with E-state index in [1.807, 2.05) is 61.9 Å². The maximum Gasteiger partial charge on any atom is 0.227 e. The molecule has 12 aromatic heterocycles. The number of rotatable bonds is 7. The molecule has 0 bridgehead atoms. The Morgan fingerprint density at radius 3 is 0.981 bits per heavy atom. The summed E-state index contributed by atoms with van der Waals surface area (Å²) in [6.07, 6.45) is 18.2. The summed E-state index contributed by atoms with van der Waals surface area (Å²) in [6, 6.07) is 42.4. The SMILES string of the molecule is Cc1ccc2c(oc3ncccc32)c1N1c2cccnc2N(C(C)C)C1C.Cc1ccc2c(oc3ncccc32)c1N1c2ncccc2N(C(C)C)C1C.Cc1ccc2c(oc3ncccc32)c1N1c2nccnc2N(C(C)C)C1C.Cc1ccc2c(oc3ncccc32)c1N1c2nccnc2N(C)C1C. The van der Waals surface area contributed by atoms with Gasteiger partial charge in [0.1, 0.15) is 24.7 Å². The molecule has 16 aromatic rings. The fourth-order valence-electron chi connectivity index (χ4n) is 16.5. The minimum atomic E-state index is 0.0767. The van der Waals surface area contributed by atoms with Gasteiger partial charge in [-0.2, -0.15) is 0 Å². The molecule has 4 aliphatic heterocycles. The smallest absolute Gasteiger partial charge is 0.227 e. The number of furan rings is 4. The molecule has 4 aliphatic rings. The molecule has 0 radical (unpaired) electrons. The van der Waals surface area contributed by atoms with E-state index < -0.39 is 0 Å². The molecule has 0 saturated heterocycles. The number of hydrogen-bond donors (Lipinski definition) is 0. The molecule has 0 saturated carbocycles. The van der Waals surface area contributed by atoms with Crippen LogP contribution in [0.5, 0.6) is 0 Å². The van der Waals surface area contributed by atoms with Crippen molar-refractivity contribution in [2.45, 2.75) is 140 Å². The molecular weight excluding hydrogens is 1330 g/mol. The van der Waals surface area contributed by atoms with Gasteiger partial charge in [0.2, 0.25) is 22.9 Å². The Kier molecular flexibility index (Phi) is 16.4. The molecule has 0 N–H and O–H groups in total. The molecule has 16 heterocycles. The van der Waals surface area contributed by atoms with Crippen molar-refractivity contribution in [1.82, 2.24) is 49.8 Å². The van der Waals surface area contributed by atoms with Crippen molar-refractivity contribution in [3.05, 3.63) is 206 Å². The summed E-state index contributed by atoms with van der Waals surface area (Å²) in [7, 11) is 2.04. The van der Waals surface area contributed by atoms with E-state index in [9.17, 15) is 0 Å². The first-order chi connectivity index (χ1) is 51.4. The average Bonchev–Trinajstić information content (AvgIpc) is 1.59. The topological polar surface area (TPSA) is 207 Å². The molecule has 4 aromatic carbocycles. The molecule has 4 atom stereocenters. The van der Waals surface area contributed by atoms with E-state index >= 15 is 0 Å². The number of benzene rings is 4. The minimum absolute atomic E-state index is 0.0767. The molecule has 0 spiro atoms. The van der Waals surface area contributed by atoms with Crippen molar-refractivity contribution in [2.75, 3.05) is 46.2 Å². The summed E-state index contributed by atoms with van der Waals surface area (Å²) in [5.74, 6) is 5.49. The van der Waals surface area contributed by atoms with Crippen LogP contribution < -0.4 is 39.2 Å². The Balaban J connectivity index is 0.000000104. The predicted octanol–water partition coefficient (Wildman–Crippen LogP) is 19.6. The zero-order valence-corrected chi connectivity index (χ0v) is 62.0. The number of pyridine rings is 6. The van der Waals surface area contributed by atoms with Crippen molar-refractivity contribution < 1.29 is 17.7 Å². The number of anilines is 12. The molecule has 0 fully saturated rings. The highest BCUT2D eigenvalue weighted by Gasteiger charge is 2.43. The first-order valence-corrected chi connectivity index (χ1v) is 36.2. The molecule has 22 nitrogen and oxygen atoms in total. The van der Waals surface area contributed by atoms with E-state index in [1.54, 1.807) is 49.6 Å². The van der Waals surface area contributed by atoms with Crippen LogP contribution in [0.4, 0.5) is 69.0 Å². The van der Waals surface area contributed by atoms with Crippen molar-refractivity contribution in [1.29, 1.82) is 0 Å². The van der Waals surface area contributed by atoms with Crippen molar-refractivity contribution in [2.24, 2.45) is 0 Å². The lowest BCUT2D eigenvalue weighted by Crippen LogP contribution is -2.42. The Morgan fingerprint density at radius 2 is 0.566 bits per heavy atom. The van der Waals surface area contributed by atoms with E-state index in [-0.39, 0.29) is 24.7 Å². The Morgan fingerprint density at radius 1 is 0.274 bits per heavy atom. The normalized spacial score (nSPS) is 16.7. The highest BCUT2D eigenvalue weighted by molar-refractivity contribution is 6.13. The summed E-state index contributed by atoms with van der Waals surface area (Å²) in [6.45, 7) is 30.4. The standard InChI is InChI=1S/2C22H22N4O.C21H21N5O.C19H17N5O/c1-13(2)25-15(4)26(18-8-6-11-23-21(18)25)19-14(3)9-10-16-17-7-5-12-24-22(17)27-20(16)19;1-13(2)25-15(4)26(21-18(25)8-6-11-23-21)19-14(3)9-10-16-17-7-5-12-24-22(17)27-20(16)19;1-12(2)25-14(4)26(20-19(25)22-10-11-23-20)17-13(3)7-8-15-16-6-5-9-24-21(16)27-18(15)17;1-11-6-7-13-14-5-4-8-22-19(14)25-16(13)15(11)24-12(2)23(3)17-18(24)21-10-9-20-17/h2*5-13,15H,1-4H3;5-12,14H,1-4H3;4-10,12H,1-3H3. The maximum atomic E-state index is 6.24. The largest absolute Gasteiger partial charge is 0.435 e. The van der Waals surface area contributed by atoms with Crippen molar-refractivity contribution in [3.63, 3.8) is 0 Å². The number of aryl methyl sites for hydroxylation is 4. The maximum absolute atomic E-state index is 6.24. The minimum Gasteiger partial charge on any atom is -0.435 e. The fourth-order valence-corrected chi connectivity index (χ4v) is 16.5. The van der Waals surface area contributed by atoms with E-state index in [1.165, 1.54) is 5.56 Å². The predicted molar refractivity (Wildman–Crippen MR) is 425 cm³/mol. The first-order valence-electron chi connectivity index (χ1n) is 36.2. The van der Waals surface area contributed by atoms with Crippen LogP contribution in [0.2, 0.25) is 0 Å². The Labute approximate surface area is 613 Å². The summed E-state index contributed by atoms with van der Waals surface area (Å²) in [5.41, 5.74) is 17.2. The zero-order chi connectivity index (χ0) is 73.2. The second-order valence-electron chi connectivity index (χ2n) is 28.5. The second kappa shape index (κ2) is 26.0. The van der Waals surface area contributed by atoms with Gasteiger partial charge in [-0.25, -0.2) is 49.8 Å². The van der Waals surface area contributed by atoms with Gasteiger partial charge in [0.05, 0.1) is 34.1 Å². The first kappa shape index (κ1) is 66.8. The molecule has 532 valence electrons. The monoisotopic (exact) mass is 1410 g/mol. The Bertz CT molecular complexity index is 5640. The van der Waals surface area contributed by atoms with Crippen LogP contribution in [0.3, 0.4) is 0 Å². The van der Waals surface area contributed by atoms with Crippen LogP contribution in [-0.2, 0) is 0 Å². The zero-order valence-electron chi connectivity index (χ0n) is 62.0. The number of hydrogen-bond acceptors (Lipinski definition) is 22. The van der Waals surface area contributed by atoms with Crippen LogP contribution in [0.1, 0.15) is 91.5 Å². The Hall–Kier alpha value is -12.5. The third kappa shape index (κ3) is 10.5.